The second-order valence-corrected chi connectivity index (χ2v) is 8.56. The molecule has 0 atom stereocenters. The van der Waals surface area contributed by atoms with Crippen LogP contribution < -0.4 is 4.90 Å². The molecule has 0 unspecified atom stereocenters. The predicted octanol–water partition coefficient (Wildman–Crippen LogP) is 2.40. The summed E-state index contributed by atoms with van der Waals surface area (Å²) in [5, 5.41) is 18.6. The first-order valence-corrected chi connectivity index (χ1v) is 10.1. The van der Waals surface area contributed by atoms with E-state index in [1.807, 2.05) is 30.1 Å². The third-order valence-electron chi connectivity index (χ3n) is 3.94. The van der Waals surface area contributed by atoms with E-state index in [1.54, 1.807) is 6.08 Å². The number of carbonyl (C=O) groups excluding carboxylic acids is 1. The summed E-state index contributed by atoms with van der Waals surface area (Å²) >= 11 is 7.81. The van der Waals surface area contributed by atoms with E-state index in [0.29, 0.717) is 20.8 Å². The smallest absolute Gasteiger partial charge is 0.305 e. The number of carbonyl (C=O) groups is 2. The molecular formula is C17H17N3O4S3. The molecule has 1 amide bonds. The lowest BCUT2D eigenvalue weighted by molar-refractivity contribution is -0.137. The van der Waals surface area contributed by atoms with Crippen molar-refractivity contribution in [2.75, 3.05) is 31.6 Å². The number of thioether (sulfide) groups is 1. The highest BCUT2D eigenvalue weighted by Crippen LogP contribution is 2.34. The average Bonchev–Trinajstić information content (AvgIpc) is 3.13. The van der Waals surface area contributed by atoms with Crippen molar-refractivity contribution >= 4 is 73.5 Å². The van der Waals surface area contributed by atoms with Gasteiger partial charge >= 0.3 is 5.97 Å². The van der Waals surface area contributed by atoms with E-state index in [9.17, 15) is 9.59 Å². The van der Waals surface area contributed by atoms with E-state index in [0.717, 1.165) is 27.7 Å². The van der Waals surface area contributed by atoms with Crippen molar-refractivity contribution in [3.05, 3.63) is 28.1 Å². The van der Waals surface area contributed by atoms with Gasteiger partial charge < -0.3 is 15.1 Å². The zero-order valence-corrected chi connectivity index (χ0v) is 16.9. The van der Waals surface area contributed by atoms with Crippen LogP contribution in [0.15, 0.2) is 23.1 Å². The number of fused-ring (bicyclic) bond motifs is 1. The van der Waals surface area contributed by atoms with E-state index in [1.165, 1.54) is 16.2 Å². The molecule has 1 aromatic carbocycles. The summed E-state index contributed by atoms with van der Waals surface area (Å²) in [5.74, 6) is -1.25. The molecule has 0 spiro atoms. The van der Waals surface area contributed by atoms with Crippen molar-refractivity contribution in [3.63, 3.8) is 0 Å². The Hall–Kier alpha value is -2.01. The fourth-order valence-electron chi connectivity index (χ4n) is 2.52. The Kier molecular flexibility index (Phi) is 6.10. The van der Waals surface area contributed by atoms with Crippen LogP contribution in [0.25, 0.3) is 16.3 Å². The molecule has 1 aliphatic heterocycles. The van der Waals surface area contributed by atoms with Gasteiger partial charge in [0, 0.05) is 25.8 Å². The Morgan fingerprint density at radius 2 is 2.22 bits per heavy atom. The van der Waals surface area contributed by atoms with Crippen LogP contribution in [-0.2, 0) is 9.59 Å². The van der Waals surface area contributed by atoms with Crippen molar-refractivity contribution in [2.45, 2.75) is 6.42 Å². The SMILES string of the molecule is CN(CCO)c1ccc2nc(/C=C3\SC(=S)N(CCC(=O)O)C3=O)sc2c1. The first kappa shape index (κ1) is 19.7. The zero-order valence-electron chi connectivity index (χ0n) is 14.4. The van der Waals surface area contributed by atoms with Gasteiger partial charge in [0.1, 0.15) is 9.33 Å². The van der Waals surface area contributed by atoms with Crippen molar-refractivity contribution in [1.29, 1.82) is 0 Å². The molecule has 2 aromatic rings. The van der Waals surface area contributed by atoms with Gasteiger partial charge in [0.15, 0.2) is 0 Å². The molecule has 0 bridgehead atoms. The first-order valence-electron chi connectivity index (χ1n) is 8.09. The fourth-order valence-corrected chi connectivity index (χ4v) is 4.82. The Labute approximate surface area is 169 Å². The molecule has 0 aliphatic carbocycles. The predicted molar refractivity (Wildman–Crippen MR) is 112 cm³/mol. The van der Waals surface area contributed by atoms with Gasteiger partial charge in [-0.15, -0.1) is 11.3 Å². The Bertz CT molecular complexity index is 941. The second-order valence-electron chi connectivity index (χ2n) is 5.83. The number of rotatable bonds is 7. The van der Waals surface area contributed by atoms with E-state index in [4.69, 9.17) is 22.4 Å². The number of aromatic nitrogens is 1. The molecule has 0 saturated carbocycles. The number of anilines is 1. The molecule has 10 heteroatoms. The molecule has 1 saturated heterocycles. The van der Waals surface area contributed by atoms with Crippen LogP contribution >= 0.6 is 35.3 Å². The molecule has 7 nitrogen and oxygen atoms in total. The Morgan fingerprint density at radius 1 is 1.44 bits per heavy atom. The molecule has 1 aromatic heterocycles. The van der Waals surface area contributed by atoms with Gasteiger partial charge in [-0.05, 0) is 24.3 Å². The topological polar surface area (TPSA) is 94.0 Å². The van der Waals surface area contributed by atoms with Crippen molar-refractivity contribution in [2.24, 2.45) is 0 Å². The molecule has 142 valence electrons. The minimum absolute atomic E-state index is 0.0672. The average molecular weight is 424 g/mol. The highest BCUT2D eigenvalue weighted by atomic mass is 32.2. The Balaban J connectivity index is 1.82. The maximum atomic E-state index is 12.5. The second kappa shape index (κ2) is 8.34. The van der Waals surface area contributed by atoms with Crippen LogP contribution in [0.4, 0.5) is 5.69 Å². The minimum atomic E-state index is -0.971. The maximum absolute atomic E-state index is 12.5. The number of carboxylic acids is 1. The van der Waals surface area contributed by atoms with Gasteiger partial charge in [-0.25, -0.2) is 4.98 Å². The van der Waals surface area contributed by atoms with Crippen LogP contribution in [0.3, 0.4) is 0 Å². The number of hydrogen-bond donors (Lipinski definition) is 2. The molecule has 2 N–H and O–H groups in total. The number of amides is 1. The standard InChI is InChI=1S/C17H17N3O4S3/c1-19(6-7-21)10-2-3-11-12(8-10)26-14(18-11)9-13-16(24)20(17(25)27-13)5-4-15(22)23/h2-3,8-9,21H,4-7H2,1H3,(H,22,23)/b13-9-. The molecule has 27 heavy (non-hydrogen) atoms. The number of aliphatic carboxylic acids is 1. The lowest BCUT2D eigenvalue weighted by Gasteiger charge is -2.17. The number of benzene rings is 1. The third kappa shape index (κ3) is 4.46. The lowest BCUT2D eigenvalue weighted by Crippen LogP contribution is -2.30. The number of hydrogen-bond acceptors (Lipinski definition) is 8. The molecule has 2 heterocycles. The summed E-state index contributed by atoms with van der Waals surface area (Å²) in [6, 6.07) is 5.84. The van der Waals surface area contributed by atoms with Crippen LogP contribution in [0.1, 0.15) is 11.4 Å². The number of aliphatic hydroxyl groups is 1. The van der Waals surface area contributed by atoms with Crippen molar-refractivity contribution in [3.8, 4) is 0 Å². The van der Waals surface area contributed by atoms with Crippen LogP contribution in [0.5, 0.6) is 0 Å². The van der Waals surface area contributed by atoms with Gasteiger partial charge in [-0.3, -0.25) is 14.5 Å². The van der Waals surface area contributed by atoms with Crippen molar-refractivity contribution in [1.82, 2.24) is 9.88 Å². The summed E-state index contributed by atoms with van der Waals surface area (Å²) in [6.07, 6.45) is 1.55. The van der Waals surface area contributed by atoms with Crippen LogP contribution in [0.2, 0.25) is 0 Å². The van der Waals surface area contributed by atoms with E-state index in [2.05, 4.69) is 4.98 Å². The van der Waals surface area contributed by atoms with E-state index >= 15 is 0 Å². The monoisotopic (exact) mass is 423 g/mol. The van der Waals surface area contributed by atoms with E-state index < -0.39 is 5.97 Å². The molecule has 3 rings (SSSR count). The minimum Gasteiger partial charge on any atom is -0.481 e. The summed E-state index contributed by atoms with van der Waals surface area (Å²) in [4.78, 5) is 31.4. The van der Waals surface area contributed by atoms with Gasteiger partial charge in [0.25, 0.3) is 5.91 Å². The number of nitrogens with zero attached hydrogens (tertiary/aromatic N) is 3. The molecule has 1 fully saturated rings. The number of aliphatic hydroxyl groups excluding tert-OH is 1. The van der Waals surface area contributed by atoms with Crippen LogP contribution in [-0.4, -0.2) is 63.0 Å². The zero-order chi connectivity index (χ0) is 19.6. The summed E-state index contributed by atoms with van der Waals surface area (Å²) in [7, 11) is 1.90. The molecule has 0 radical (unpaired) electrons. The third-order valence-corrected chi connectivity index (χ3v) is 6.29. The normalized spacial score (nSPS) is 15.9. The largest absolute Gasteiger partial charge is 0.481 e. The quantitative estimate of drug-likeness (QED) is 0.518. The highest BCUT2D eigenvalue weighted by Gasteiger charge is 2.32. The number of likely N-dealkylation sites (N-methyl/N-ethyl adjacent to an activating group) is 1. The lowest BCUT2D eigenvalue weighted by atomic mass is 10.3. The summed E-state index contributed by atoms with van der Waals surface area (Å²) in [5.41, 5.74) is 1.81. The Morgan fingerprint density at radius 3 is 2.93 bits per heavy atom. The number of carboxylic acid groups (broad SMARTS) is 1. The summed E-state index contributed by atoms with van der Waals surface area (Å²) in [6.45, 7) is 0.680. The van der Waals surface area contributed by atoms with Gasteiger partial charge in [-0.1, -0.05) is 24.0 Å². The summed E-state index contributed by atoms with van der Waals surface area (Å²) < 4.78 is 1.34. The maximum Gasteiger partial charge on any atom is 0.305 e. The molecular weight excluding hydrogens is 406 g/mol. The molecule has 1 aliphatic rings. The first-order chi connectivity index (χ1) is 12.9. The van der Waals surface area contributed by atoms with Gasteiger partial charge in [-0.2, -0.15) is 0 Å². The fraction of sp³-hybridized carbons (Fsp3) is 0.294. The highest BCUT2D eigenvalue weighted by molar-refractivity contribution is 8.26. The number of thiocarbonyl (C=S) groups is 1. The number of thiazole rings is 1. The van der Waals surface area contributed by atoms with Gasteiger partial charge in [0.2, 0.25) is 0 Å². The van der Waals surface area contributed by atoms with Crippen LogP contribution in [0, 0.1) is 0 Å². The van der Waals surface area contributed by atoms with Crippen molar-refractivity contribution < 1.29 is 19.8 Å². The van der Waals surface area contributed by atoms with Gasteiger partial charge in [0.05, 0.1) is 28.1 Å². The van der Waals surface area contributed by atoms with E-state index in [-0.39, 0.29) is 25.5 Å².